The number of nitriles is 1. The highest BCUT2D eigenvalue weighted by Gasteiger charge is 2.43. The molecule has 0 radical (unpaired) electrons. The lowest BCUT2D eigenvalue weighted by atomic mass is 10.1. The van der Waals surface area contributed by atoms with E-state index in [1.165, 1.54) is 12.1 Å². The summed E-state index contributed by atoms with van der Waals surface area (Å²) in [6, 6.07) is 6.61. The number of aromatic amines is 1. The molecular weight excluding hydrogens is 266 g/mol. The lowest BCUT2D eigenvalue weighted by Crippen LogP contribution is -2.36. The Hall–Kier alpha value is -2.29. The summed E-state index contributed by atoms with van der Waals surface area (Å²) < 4.78 is 38.7. The minimum atomic E-state index is -2.17. The molecule has 1 aliphatic rings. The summed E-state index contributed by atoms with van der Waals surface area (Å²) >= 11 is 0. The molecule has 20 heavy (non-hydrogen) atoms. The van der Waals surface area contributed by atoms with E-state index in [-0.39, 0.29) is 11.5 Å². The maximum absolute atomic E-state index is 14.2. The number of benzene rings is 1. The van der Waals surface area contributed by atoms with Gasteiger partial charge in [0.2, 0.25) is 0 Å². The molecule has 2 unspecified atom stereocenters. The molecule has 0 saturated carbocycles. The molecule has 0 aliphatic carbocycles. The maximum atomic E-state index is 14.2. The zero-order chi connectivity index (χ0) is 14.5. The van der Waals surface area contributed by atoms with Crippen LogP contribution < -0.4 is 9.47 Å². The molecular formula is C14H12F2N2O2. The van der Waals surface area contributed by atoms with Crippen molar-refractivity contribution in [2.24, 2.45) is 0 Å². The average molecular weight is 278 g/mol. The van der Waals surface area contributed by atoms with Crippen molar-refractivity contribution in [3.8, 4) is 17.6 Å². The number of halogens is 2. The number of nitrogens with zero attached hydrogens (tertiary/aromatic N) is 1. The Labute approximate surface area is 113 Å². The zero-order valence-corrected chi connectivity index (χ0v) is 11.0. The summed E-state index contributed by atoms with van der Waals surface area (Å²) in [6.07, 6.45) is -0.536. The molecule has 0 bridgehead atoms. The van der Waals surface area contributed by atoms with Gasteiger partial charge in [0.05, 0.1) is 11.9 Å². The normalized spacial score (nSPS) is 28.9. The van der Waals surface area contributed by atoms with E-state index < -0.39 is 18.1 Å². The smallest absolute Gasteiger partial charge is 0.252 e. The highest BCUT2D eigenvalue weighted by Crippen LogP contribution is 2.43. The fourth-order valence-corrected chi connectivity index (χ4v) is 2.45. The lowest BCUT2D eigenvalue weighted by Gasteiger charge is -2.24. The molecule has 1 aromatic heterocycles. The summed E-state index contributed by atoms with van der Waals surface area (Å²) in [7, 11) is 0. The van der Waals surface area contributed by atoms with Gasteiger partial charge in [0.25, 0.3) is 11.7 Å². The third-order valence-electron chi connectivity index (χ3n) is 3.08. The molecule has 0 saturated heterocycles. The van der Waals surface area contributed by atoms with Crippen LogP contribution in [0.2, 0.25) is 0 Å². The Morgan fingerprint density at radius 3 is 2.35 bits per heavy atom. The van der Waals surface area contributed by atoms with Crippen LogP contribution in [-0.4, -0.2) is 16.7 Å². The summed E-state index contributed by atoms with van der Waals surface area (Å²) in [4.78, 5) is 2.85. The number of rotatable bonds is 0. The van der Waals surface area contributed by atoms with Gasteiger partial charge in [0.15, 0.2) is 11.5 Å². The Kier molecular flexibility index (Phi) is 2.45. The van der Waals surface area contributed by atoms with Crippen molar-refractivity contribution < 1.29 is 18.3 Å². The molecule has 4 nitrogen and oxygen atoms in total. The van der Waals surface area contributed by atoms with Gasteiger partial charge in [-0.3, -0.25) is 0 Å². The van der Waals surface area contributed by atoms with Crippen LogP contribution in [0.25, 0.3) is 10.9 Å². The van der Waals surface area contributed by atoms with Crippen LogP contribution >= 0.6 is 0 Å². The van der Waals surface area contributed by atoms with Crippen molar-refractivity contribution in [3.63, 3.8) is 0 Å². The summed E-state index contributed by atoms with van der Waals surface area (Å²) in [6.45, 7) is 2.31. The number of aromatic nitrogens is 1. The highest BCUT2D eigenvalue weighted by atomic mass is 19.2. The van der Waals surface area contributed by atoms with E-state index >= 15 is 0 Å². The molecule has 2 aromatic rings. The fourth-order valence-electron chi connectivity index (χ4n) is 2.45. The standard InChI is InChI=1S/C14H12F2N2O2/c1-13(15)7-14(2,16)20-12-5-10-8(4-11(12)19-13)3-9(6-17)18-10/h3-5,18H,7H2,1-2H3. The molecule has 104 valence electrons. The van der Waals surface area contributed by atoms with Crippen molar-refractivity contribution in [2.75, 3.05) is 0 Å². The number of hydrogen-bond donors (Lipinski definition) is 1. The van der Waals surface area contributed by atoms with Gasteiger partial charge in [0, 0.05) is 25.3 Å². The van der Waals surface area contributed by atoms with Crippen LogP contribution in [0.5, 0.6) is 11.5 Å². The van der Waals surface area contributed by atoms with Gasteiger partial charge in [-0.1, -0.05) is 0 Å². The molecule has 1 N–H and O–H groups in total. The Morgan fingerprint density at radius 2 is 1.75 bits per heavy atom. The van der Waals surface area contributed by atoms with Crippen LogP contribution in [0, 0.1) is 11.3 Å². The van der Waals surface area contributed by atoms with Crippen LogP contribution in [-0.2, 0) is 0 Å². The van der Waals surface area contributed by atoms with E-state index in [4.69, 9.17) is 14.7 Å². The molecule has 0 spiro atoms. The monoisotopic (exact) mass is 278 g/mol. The first kappa shape index (κ1) is 12.7. The Morgan fingerprint density at radius 1 is 1.15 bits per heavy atom. The summed E-state index contributed by atoms with van der Waals surface area (Å²) in [5, 5.41) is 9.52. The van der Waals surface area contributed by atoms with Gasteiger partial charge in [0.1, 0.15) is 11.8 Å². The second-order valence-electron chi connectivity index (χ2n) is 5.27. The molecule has 2 heterocycles. The first-order chi connectivity index (χ1) is 9.28. The van der Waals surface area contributed by atoms with Crippen LogP contribution in [0.3, 0.4) is 0 Å². The summed E-state index contributed by atoms with van der Waals surface area (Å²) in [5.41, 5.74) is 0.952. The third-order valence-corrected chi connectivity index (χ3v) is 3.08. The quantitative estimate of drug-likeness (QED) is 0.801. The Bertz CT molecular complexity index is 676. The maximum Gasteiger partial charge on any atom is 0.252 e. The van der Waals surface area contributed by atoms with E-state index in [1.807, 2.05) is 6.07 Å². The number of hydrogen-bond acceptors (Lipinski definition) is 3. The fraction of sp³-hybridized carbons (Fsp3) is 0.357. The number of fused-ring (bicyclic) bond motifs is 2. The van der Waals surface area contributed by atoms with Crippen molar-refractivity contribution in [2.45, 2.75) is 32.0 Å². The predicted octanol–water partition coefficient (Wildman–Crippen LogP) is 3.57. The van der Waals surface area contributed by atoms with Crippen molar-refractivity contribution in [1.82, 2.24) is 4.98 Å². The van der Waals surface area contributed by atoms with E-state index in [9.17, 15) is 8.78 Å². The van der Waals surface area contributed by atoms with Crippen molar-refractivity contribution in [3.05, 3.63) is 23.9 Å². The number of H-pyrrole nitrogens is 1. The molecule has 1 aromatic carbocycles. The zero-order valence-electron chi connectivity index (χ0n) is 11.0. The molecule has 1 aliphatic heterocycles. The van der Waals surface area contributed by atoms with Crippen LogP contribution in [0.1, 0.15) is 26.0 Å². The van der Waals surface area contributed by atoms with E-state index in [0.29, 0.717) is 16.6 Å². The minimum Gasteiger partial charge on any atom is -0.454 e. The second-order valence-corrected chi connectivity index (χ2v) is 5.27. The summed E-state index contributed by atoms with van der Waals surface area (Å²) in [5.74, 6) is -4.12. The molecule has 3 rings (SSSR count). The molecule has 0 amide bonds. The van der Waals surface area contributed by atoms with Crippen LogP contribution in [0.15, 0.2) is 18.2 Å². The van der Waals surface area contributed by atoms with Gasteiger partial charge in [-0.25, -0.2) is 0 Å². The number of ether oxygens (including phenoxy) is 2. The van der Waals surface area contributed by atoms with Crippen molar-refractivity contribution >= 4 is 10.9 Å². The molecule has 2 atom stereocenters. The third kappa shape index (κ3) is 2.16. The first-order valence-corrected chi connectivity index (χ1v) is 6.11. The predicted molar refractivity (Wildman–Crippen MR) is 67.9 cm³/mol. The van der Waals surface area contributed by atoms with E-state index in [0.717, 1.165) is 13.8 Å². The van der Waals surface area contributed by atoms with Gasteiger partial charge in [-0.05, 0) is 12.1 Å². The van der Waals surface area contributed by atoms with Crippen molar-refractivity contribution in [1.29, 1.82) is 5.26 Å². The molecule has 0 fully saturated rings. The van der Waals surface area contributed by atoms with E-state index in [1.54, 1.807) is 6.07 Å². The van der Waals surface area contributed by atoms with Gasteiger partial charge in [-0.15, -0.1) is 0 Å². The van der Waals surface area contributed by atoms with Gasteiger partial charge >= 0.3 is 0 Å². The largest absolute Gasteiger partial charge is 0.454 e. The SMILES string of the molecule is CC1(F)CC(C)(F)Oc2cc3[nH]c(C#N)cc3cc2O1. The highest BCUT2D eigenvalue weighted by molar-refractivity contribution is 5.85. The number of nitrogens with one attached hydrogen (secondary N) is 1. The van der Waals surface area contributed by atoms with Gasteiger partial charge in [-0.2, -0.15) is 14.0 Å². The Balaban J connectivity index is 2.18. The first-order valence-electron chi connectivity index (χ1n) is 6.11. The van der Waals surface area contributed by atoms with E-state index in [2.05, 4.69) is 4.98 Å². The minimum absolute atomic E-state index is 0.107. The lowest BCUT2D eigenvalue weighted by molar-refractivity contribution is -0.128. The number of alkyl halides is 2. The van der Waals surface area contributed by atoms with Gasteiger partial charge < -0.3 is 14.5 Å². The average Bonchev–Trinajstić information content (AvgIpc) is 2.64. The molecule has 6 heteroatoms. The van der Waals surface area contributed by atoms with Crippen LogP contribution in [0.4, 0.5) is 8.78 Å². The topological polar surface area (TPSA) is 58.0 Å². The second kappa shape index (κ2) is 3.85.